The Hall–Kier alpha value is -0.890. The second kappa shape index (κ2) is 3.56. The van der Waals surface area contributed by atoms with Crippen LogP contribution < -0.4 is 0 Å². The fourth-order valence-corrected chi connectivity index (χ4v) is 3.30. The molecule has 1 aromatic carbocycles. The standard InChI is InChI=1S/C14H18FN/c1-2-7-16-9-12-8-14(12,10-16)11-3-5-13(15)6-4-11/h3-6,12H,2,7-10H2,1H3. The van der Waals surface area contributed by atoms with Crippen molar-refractivity contribution in [2.75, 3.05) is 19.6 Å². The van der Waals surface area contributed by atoms with Crippen molar-refractivity contribution < 1.29 is 4.39 Å². The van der Waals surface area contributed by atoms with E-state index in [2.05, 4.69) is 11.8 Å². The molecule has 0 bridgehead atoms. The number of rotatable bonds is 3. The van der Waals surface area contributed by atoms with Gasteiger partial charge in [-0.05, 0) is 43.0 Å². The Morgan fingerprint density at radius 3 is 2.81 bits per heavy atom. The quantitative estimate of drug-likeness (QED) is 0.755. The molecule has 0 aromatic heterocycles. The normalized spacial score (nSPS) is 32.8. The summed E-state index contributed by atoms with van der Waals surface area (Å²) in [4.78, 5) is 2.55. The van der Waals surface area contributed by atoms with E-state index in [1.165, 1.54) is 38.0 Å². The monoisotopic (exact) mass is 219 g/mol. The van der Waals surface area contributed by atoms with Gasteiger partial charge in [-0.2, -0.15) is 0 Å². The Morgan fingerprint density at radius 2 is 2.12 bits per heavy atom. The molecule has 1 saturated heterocycles. The lowest BCUT2D eigenvalue weighted by molar-refractivity contribution is 0.299. The van der Waals surface area contributed by atoms with Crippen LogP contribution in [0.2, 0.25) is 0 Å². The van der Waals surface area contributed by atoms with Gasteiger partial charge in [0.25, 0.3) is 0 Å². The number of hydrogen-bond donors (Lipinski definition) is 0. The molecular weight excluding hydrogens is 201 g/mol. The Bertz CT molecular complexity index is 386. The van der Waals surface area contributed by atoms with Crippen molar-refractivity contribution >= 4 is 0 Å². The Morgan fingerprint density at radius 1 is 1.38 bits per heavy atom. The van der Waals surface area contributed by atoms with E-state index in [1.54, 1.807) is 12.1 Å². The summed E-state index contributed by atoms with van der Waals surface area (Å²) in [5, 5.41) is 0. The lowest BCUT2D eigenvalue weighted by Crippen LogP contribution is -2.27. The van der Waals surface area contributed by atoms with Gasteiger partial charge < -0.3 is 4.90 Å². The molecule has 86 valence electrons. The van der Waals surface area contributed by atoms with Gasteiger partial charge >= 0.3 is 0 Å². The minimum atomic E-state index is -0.124. The van der Waals surface area contributed by atoms with Crippen LogP contribution in [0.1, 0.15) is 25.3 Å². The van der Waals surface area contributed by atoms with E-state index in [0.717, 1.165) is 5.92 Å². The third-order valence-electron chi connectivity index (χ3n) is 4.18. The van der Waals surface area contributed by atoms with E-state index >= 15 is 0 Å². The highest BCUT2D eigenvalue weighted by atomic mass is 19.1. The van der Waals surface area contributed by atoms with E-state index < -0.39 is 0 Å². The van der Waals surface area contributed by atoms with Gasteiger partial charge in [0, 0.05) is 18.5 Å². The molecule has 1 aromatic rings. The van der Waals surface area contributed by atoms with Crippen molar-refractivity contribution in [1.29, 1.82) is 0 Å². The van der Waals surface area contributed by atoms with Crippen molar-refractivity contribution in [2.24, 2.45) is 5.92 Å². The topological polar surface area (TPSA) is 3.24 Å². The number of hydrogen-bond acceptors (Lipinski definition) is 1. The molecule has 2 heteroatoms. The molecule has 1 heterocycles. The summed E-state index contributed by atoms with van der Waals surface area (Å²) in [5.41, 5.74) is 1.72. The van der Waals surface area contributed by atoms with Crippen molar-refractivity contribution in [1.82, 2.24) is 4.90 Å². The van der Waals surface area contributed by atoms with Gasteiger partial charge in [0.05, 0.1) is 0 Å². The zero-order valence-electron chi connectivity index (χ0n) is 9.75. The Kier molecular flexibility index (Phi) is 2.28. The fourth-order valence-electron chi connectivity index (χ4n) is 3.30. The van der Waals surface area contributed by atoms with Gasteiger partial charge in [-0.3, -0.25) is 0 Å². The first-order valence-electron chi connectivity index (χ1n) is 6.23. The number of likely N-dealkylation sites (tertiary alicyclic amines) is 1. The number of benzene rings is 1. The molecule has 1 saturated carbocycles. The molecule has 3 rings (SSSR count). The predicted octanol–water partition coefficient (Wildman–Crippen LogP) is 2.81. The number of fused-ring (bicyclic) bond motifs is 1. The molecular formula is C14H18FN. The third-order valence-corrected chi connectivity index (χ3v) is 4.18. The van der Waals surface area contributed by atoms with Crippen LogP contribution in [0.5, 0.6) is 0 Å². The Labute approximate surface area is 96.3 Å². The summed E-state index contributed by atoms with van der Waals surface area (Å²) in [7, 11) is 0. The maximum absolute atomic E-state index is 12.9. The van der Waals surface area contributed by atoms with Gasteiger partial charge in [-0.15, -0.1) is 0 Å². The summed E-state index contributed by atoms with van der Waals surface area (Å²) in [6.07, 6.45) is 2.53. The van der Waals surface area contributed by atoms with Crippen LogP contribution in [0.25, 0.3) is 0 Å². The molecule has 0 amide bonds. The molecule has 16 heavy (non-hydrogen) atoms. The average Bonchev–Trinajstić information content (AvgIpc) is 2.84. The molecule has 0 N–H and O–H groups in total. The highest BCUT2D eigenvalue weighted by molar-refractivity contribution is 5.37. The van der Waals surface area contributed by atoms with Crippen LogP contribution in [0, 0.1) is 11.7 Å². The predicted molar refractivity (Wildman–Crippen MR) is 62.9 cm³/mol. The first-order chi connectivity index (χ1) is 7.74. The highest BCUT2D eigenvalue weighted by Crippen LogP contribution is 2.58. The minimum Gasteiger partial charge on any atom is -0.302 e. The second-order valence-electron chi connectivity index (χ2n) is 5.30. The van der Waals surface area contributed by atoms with Crippen LogP contribution in [-0.2, 0) is 5.41 Å². The van der Waals surface area contributed by atoms with Gasteiger partial charge in [-0.1, -0.05) is 19.1 Å². The summed E-state index contributed by atoms with van der Waals surface area (Å²) in [5.74, 6) is 0.699. The SMILES string of the molecule is CCCN1CC2CC2(c2ccc(F)cc2)C1. The lowest BCUT2D eigenvalue weighted by atomic mass is 9.95. The summed E-state index contributed by atoms with van der Waals surface area (Å²) in [6, 6.07) is 7.15. The van der Waals surface area contributed by atoms with Crippen molar-refractivity contribution in [3.8, 4) is 0 Å². The molecule has 1 aliphatic carbocycles. The van der Waals surface area contributed by atoms with E-state index in [1.807, 2.05) is 12.1 Å². The van der Waals surface area contributed by atoms with E-state index in [4.69, 9.17) is 0 Å². The minimum absolute atomic E-state index is 0.124. The van der Waals surface area contributed by atoms with E-state index in [0.29, 0.717) is 5.41 Å². The molecule has 2 atom stereocenters. The highest BCUT2D eigenvalue weighted by Gasteiger charge is 2.60. The average molecular weight is 219 g/mol. The van der Waals surface area contributed by atoms with Crippen molar-refractivity contribution in [3.05, 3.63) is 35.6 Å². The van der Waals surface area contributed by atoms with Gasteiger partial charge in [0.1, 0.15) is 5.82 Å². The first kappa shape index (κ1) is 10.3. The Balaban J connectivity index is 1.79. The number of halogens is 1. The summed E-state index contributed by atoms with van der Waals surface area (Å²) < 4.78 is 12.9. The molecule has 2 unspecified atom stereocenters. The summed E-state index contributed by atoms with van der Waals surface area (Å²) >= 11 is 0. The zero-order chi connectivity index (χ0) is 11.2. The fraction of sp³-hybridized carbons (Fsp3) is 0.571. The van der Waals surface area contributed by atoms with E-state index in [-0.39, 0.29) is 5.82 Å². The lowest BCUT2D eigenvalue weighted by Gasteiger charge is -2.20. The largest absolute Gasteiger partial charge is 0.302 e. The van der Waals surface area contributed by atoms with E-state index in [9.17, 15) is 4.39 Å². The van der Waals surface area contributed by atoms with Crippen molar-refractivity contribution in [3.63, 3.8) is 0 Å². The van der Waals surface area contributed by atoms with Crippen LogP contribution in [0.15, 0.2) is 24.3 Å². The second-order valence-corrected chi connectivity index (χ2v) is 5.30. The molecule has 1 nitrogen and oxygen atoms in total. The van der Waals surface area contributed by atoms with Gasteiger partial charge in [0.2, 0.25) is 0 Å². The smallest absolute Gasteiger partial charge is 0.123 e. The number of nitrogens with zero attached hydrogens (tertiary/aromatic N) is 1. The molecule has 0 spiro atoms. The third kappa shape index (κ3) is 1.47. The molecule has 2 fully saturated rings. The molecule has 2 aliphatic rings. The van der Waals surface area contributed by atoms with Crippen LogP contribution in [0.4, 0.5) is 4.39 Å². The maximum Gasteiger partial charge on any atom is 0.123 e. The maximum atomic E-state index is 12.9. The van der Waals surface area contributed by atoms with Crippen LogP contribution in [0.3, 0.4) is 0 Å². The molecule has 0 radical (unpaired) electrons. The van der Waals surface area contributed by atoms with Gasteiger partial charge in [-0.25, -0.2) is 4.39 Å². The zero-order valence-corrected chi connectivity index (χ0v) is 9.75. The van der Waals surface area contributed by atoms with Crippen LogP contribution in [-0.4, -0.2) is 24.5 Å². The van der Waals surface area contributed by atoms with Crippen LogP contribution >= 0.6 is 0 Å². The van der Waals surface area contributed by atoms with Crippen molar-refractivity contribution in [2.45, 2.75) is 25.2 Å². The summed E-state index contributed by atoms with van der Waals surface area (Å²) in [6.45, 7) is 5.86. The first-order valence-corrected chi connectivity index (χ1v) is 6.23. The van der Waals surface area contributed by atoms with Gasteiger partial charge in [0.15, 0.2) is 0 Å². The molecule has 1 aliphatic heterocycles. The number of piperidine rings is 1.